The Morgan fingerprint density at radius 1 is 1.08 bits per heavy atom. The number of methoxy groups -OCH3 is 1. The first-order valence-electron chi connectivity index (χ1n) is 11.9. The highest BCUT2D eigenvalue weighted by Crippen LogP contribution is 2.33. The second kappa shape index (κ2) is 12.2. The molecule has 0 aromatic rings. The topological polar surface area (TPSA) is 161 Å². The van der Waals surface area contributed by atoms with Crippen molar-refractivity contribution in [1.82, 2.24) is 21.3 Å². The molecule has 0 radical (unpaired) electrons. The maximum atomic E-state index is 13.1. The first-order valence-corrected chi connectivity index (χ1v) is 11.9. The van der Waals surface area contributed by atoms with Crippen molar-refractivity contribution < 1.29 is 51.4 Å². The van der Waals surface area contributed by atoms with Gasteiger partial charge in [0.2, 0.25) is 11.8 Å². The van der Waals surface area contributed by atoms with Gasteiger partial charge in [-0.25, -0.2) is 0 Å². The van der Waals surface area contributed by atoms with Crippen LogP contribution in [0.4, 0.5) is 13.2 Å². The van der Waals surface area contributed by atoms with Gasteiger partial charge < -0.3 is 30.7 Å². The number of carbonyl (C=O) groups is 5. The molecule has 3 aliphatic rings. The van der Waals surface area contributed by atoms with Crippen molar-refractivity contribution in [3.63, 3.8) is 0 Å². The number of halogens is 3. The number of nitrogens with one attached hydrogen (secondary N) is 4. The monoisotopic (exact) mass is 536 g/mol. The maximum Gasteiger partial charge on any atom is 0.522 e. The van der Waals surface area contributed by atoms with Crippen molar-refractivity contribution in [2.75, 3.05) is 40.1 Å². The fourth-order valence-corrected chi connectivity index (χ4v) is 4.21. The largest absolute Gasteiger partial charge is 0.522 e. The predicted octanol–water partition coefficient (Wildman–Crippen LogP) is -1.08. The molecule has 0 aromatic heterocycles. The molecule has 3 rings (SSSR count). The van der Waals surface area contributed by atoms with E-state index >= 15 is 0 Å². The molecule has 3 fully saturated rings. The molecule has 1 saturated carbocycles. The van der Waals surface area contributed by atoms with E-state index in [1.807, 2.05) is 0 Å². The second-order valence-electron chi connectivity index (χ2n) is 9.64. The summed E-state index contributed by atoms with van der Waals surface area (Å²) in [5.74, 6) is -5.01. The first kappa shape index (κ1) is 28.8. The van der Waals surface area contributed by atoms with Gasteiger partial charge in [-0.05, 0) is 25.2 Å². The number of ketones is 1. The standard InChI is InChI=1S/C22H31F3N4O8/c1-35-9-21(10-36-11-21)29-20(34)19(33)28-15(6-12-2-3-12)18(32)27-14(7-13-4-5-26-17(13)31)16(30)8-37-22(23,24)25/h12-15H,2-11H2,1H3,(H,26,31)(H,27,32)(H,28,33)(H,29,34)/t13-,14-,15-/m0/s1. The molecule has 2 aliphatic heterocycles. The highest BCUT2D eigenvalue weighted by molar-refractivity contribution is 6.35. The Balaban J connectivity index is 1.65. The number of rotatable bonds is 13. The summed E-state index contributed by atoms with van der Waals surface area (Å²) in [6.07, 6.45) is -3.19. The van der Waals surface area contributed by atoms with Gasteiger partial charge >= 0.3 is 18.2 Å². The van der Waals surface area contributed by atoms with Crippen molar-refractivity contribution in [1.29, 1.82) is 0 Å². The molecule has 4 N–H and O–H groups in total. The summed E-state index contributed by atoms with van der Waals surface area (Å²) in [4.78, 5) is 62.6. The SMILES string of the molecule is COCC1(NC(=O)C(=O)N[C@@H](CC2CC2)C(=O)N[C@@H](C[C@@H]2CCNC2=O)C(=O)COC(F)(F)F)COC1. The zero-order valence-corrected chi connectivity index (χ0v) is 20.3. The maximum absolute atomic E-state index is 13.1. The molecular weight excluding hydrogens is 505 g/mol. The van der Waals surface area contributed by atoms with Crippen LogP contribution in [0.1, 0.15) is 32.1 Å². The molecule has 1 aliphatic carbocycles. The van der Waals surface area contributed by atoms with Crippen LogP contribution in [-0.2, 0) is 38.2 Å². The van der Waals surface area contributed by atoms with Crippen LogP contribution in [0.15, 0.2) is 0 Å². The third-order valence-electron chi connectivity index (χ3n) is 6.42. The molecule has 4 amide bonds. The molecule has 37 heavy (non-hydrogen) atoms. The lowest BCUT2D eigenvalue weighted by molar-refractivity contribution is -0.321. The molecule has 0 unspecified atom stereocenters. The lowest BCUT2D eigenvalue weighted by atomic mass is 9.95. The fraction of sp³-hybridized carbons (Fsp3) is 0.773. The minimum Gasteiger partial charge on any atom is -0.382 e. The van der Waals surface area contributed by atoms with Crippen LogP contribution in [0, 0.1) is 11.8 Å². The molecule has 3 atom stereocenters. The zero-order valence-electron chi connectivity index (χ0n) is 20.3. The molecule has 2 heterocycles. The van der Waals surface area contributed by atoms with E-state index in [4.69, 9.17) is 9.47 Å². The van der Waals surface area contributed by atoms with E-state index in [1.165, 1.54) is 7.11 Å². The highest BCUT2D eigenvalue weighted by Gasteiger charge is 2.42. The number of hydrogen-bond acceptors (Lipinski definition) is 8. The molecule has 208 valence electrons. The molecule has 0 bridgehead atoms. The third-order valence-corrected chi connectivity index (χ3v) is 6.42. The van der Waals surface area contributed by atoms with E-state index < -0.39 is 60.0 Å². The predicted molar refractivity (Wildman–Crippen MR) is 118 cm³/mol. The summed E-state index contributed by atoms with van der Waals surface area (Å²) >= 11 is 0. The van der Waals surface area contributed by atoms with Crippen LogP contribution < -0.4 is 21.3 Å². The van der Waals surface area contributed by atoms with E-state index in [0.29, 0.717) is 13.0 Å². The fourth-order valence-electron chi connectivity index (χ4n) is 4.21. The number of hydrogen-bond donors (Lipinski definition) is 4. The smallest absolute Gasteiger partial charge is 0.382 e. The summed E-state index contributed by atoms with van der Waals surface area (Å²) in [5.41, 5.74) is -0.866. The minimum atomic E-state index is -5.06. The summed E-state index contributed by atoms with van der Waals surface area (Å²) in [6.45, 7) is -0.623. The summed E-state index contributed by atoms with van der Waals surface area (Å²) in [7, 11) is 1.43. The van der Waals surface area contributed by atoms with Crippen molar-refractivity contribution in [2.45, 2.75) is 56.1 Å². The zero-order chi connectivity index (χ0) is 27.2. The van der Waals surface area contributed by atoms with Gasteiger partial charge in [-0.15, -0.1) is 13.2 Å². The Morgan fingerprint density at radius 3 is 2.30 bits per heavy atom. The molecule has 0 spiro atoms. The van der Waals surface area contributed by atoms with Crippen molar-refractivity contribution in [2.24, 2.45) is 11.8 Å². The van der Waals surface area contributed by atoms with Crippen molar-refractivity contribution >= 4 is 29.4 Å². The number of amides is 4. The Morgan fingerprint density at radius 2 is 1.78 bits per heavy atom. The lowest BCUT2D eigenvalue weighted by Gasteiger charge is -2.41. The first-order chi connectivity index (χ1) is 17.4. The number of Topliss-reactive ketones (excluding diaryl/α,β-unsaturated/α-hetero) is 1. The van der Waals surface area contributed by atoms with Crippen LogP contribution in [0.5, 0.6) is 0 Å². The van der Waals surface area contributed by atoms with Gasteiger partial charge in [0.05, 0.1) is 25.9 Å². The van der Waals surface area contributed by atoms with Gasteiger partial charge in [0.25, 0.3) is 0 Å². The van der Waals surface area contributed by atoms with Crippen LogP contribution in [0.25, 0.3) is 0 Å². The third kappa shape index (κ3) is 8.64. The van der Waals surface area contributed by atoms with E-state index in [-0.39, 0.29) is 44.5 Å². The highest BCUT2D eigenvalue weighted by atomic mass is 19.4. The summed E-state index contributed by atoms with van der Waals surface area (Å²) in [6, 6.07) is -2.69. The van der Waals surface area contributed by atoms with Gasteiger partial charge in [0, 0.05) is 19.6 Å². The number of alkyl halides is 3. The number of carbonyl (C=O) groups excluding carboxylic acids is 5. The van der Waals surface area contributed by atoms with Crippen LogP contribution in [0.3, 0.4) is 0 Å². The number of ether oxygens (including phenoxy) is 3. The van der Waals surface area contributed by atoms with E-state index in [1.54, 1.807) is 0 Å². The lowest BCUT2D eigenvalue weighted by Crippen LogP contribution is -2.67. The van der Waals surface area contributed by atoms with Gasteiger partial charge in [-0.2, -0.15) is 0 Å². The second-order valence-corrected chi connectivity index (χ2v) is 9.64. The van der Waals surface area contributed by atoms with Crippen LogP contribution >= 0.6 is 0 Å². The van der Waals surface area contributed by atoms with E-state index in [2.05, 4.69) is 26.0 Å². The summed E-state index contributed by atoms with van der Waals surface area (Å²) < 4.78 is 51.2. The Labute approximate surface area is 210 Å². The average Bonchev–Trinajstić information content (AvgIpc) is 3.54. The minimum absolute atomic E-state index is 0.0994. The normalized spacial score (nSPS) is 22.3. The molecule has 12 nitrogen and oxygen atoms in total. The summed E-state index contributed by atoms with van der Waals surface area (Å²) in [5, 5.41) is 9.82. The Bertz CT molecular complexity index is 892. The van der Waals surface area contributed by atoms with Gasteiger partial charge in [0.1, 0.15) is 18.2 Å². The molecular formula is C22H31F3N4O8. The van der Waals surface area contributed by atoms with Crippen molar-refractivity contribution in [3.05, 3.63) is 0 Å². The van der Waals surface area contributed by atoms with Crippen molar-refractivity contribution in [3.8, 4) is 0 Å². The van der Waals surface area contributed by atoms with E-state index in [0.717, 1.165) is 12.8 Å². The van der Waals surface area contributed by atoms with Gasteiger partial charge in [-0.3, -0.25) is 28.7 Å². The van der Waals surface area contributed by atoms with Crippen LogP contribution in [0.2, 0.25) is 0 Å². The van der Waals surface area contributed by atoms with Crippen LogP contribution in [-0.4, -0.2) is 93.5 Å². The Hall–Kier alpha value is -2.78. The van der Waals surface area contributed by atoms with Gasteiger partial charge in [-0.1, -0.05) is 12.8 Å². The Kier molecular flexibility index (Phi) is 9.47. The average molecular weight is 537 g/mol. The van der Waals surface area contributed by atoms with Gasteiger partial charge in [0.15, 0.2) is 5.78 Å². The molecule has 0 aromatic carbocycles. The molecule has 2 saturated heterocycles. The van der Waals surface area contributed by atoms with E-state index in [9.17, 15) is 37.1 Å². The molecule has 15 heteroatoms. The quantitative estimate of drug-likeness (QED) is 0.216.